The van der Waals surface area contributed by atoms with Crippen molar-refractivity contribution in [3.05, 3.63) is 27.7 Å². The minimum atomic E-state index is -0.382. The first-order valence-corrected chi connectivity index (χ1v) is 7.29. The van der Waals surface area contributed by atoms with Crippen LogP contribution >= 0.6 is 27.5 Å². The zero-order chi connectivity index (χ0) is 13.6. The van der Waals surface area contributed by atoms with Crippen LogP contribution in [0.2, 0.25) is 5.02 Å². The van der Waals surface area contributed by atoms with Gasteiger partial charge in [-0.1, -0.05) is 11.6 Å². The second-order valence-corrected chi connectivity index (χ2v) is 6.19. The molecule has 1 aliphatic carbocycles. The van der Waals surface area contributed by atoms with Gasteiger partial charge in [0.1, 0.15) is 12.6 Å². The molecule has 1 aromatic carbocycles. The molecule has 1 atom stereocenters. The van der Waals surface area contributed by atoms with Crippen LogP contribution in [0.3, 0.4) is 0 Å². The van der Waals surface area contributed by atoms with Crippen molar-refractivity contribution >= 4 is 45.0 Å². The number of amides is 2. The van der Waals surface area contributed by atoms with Gasteiger partial charge in [-0.2, -0.15) is 0 Å². The molecule has 1 saturated heterocycles. The Labute approximate surface area is 124 Å². The maximum Gasteiger partial charge on any atom is 0.250 e. The van der Waals surface area contributed by atoms with Crippen LogP contribution in [-0.2, 0) is 9.59 Å². The molecule has 0 spiro atoms. The number of nitrogens with zero attached hydrogens (tertiary/aromatic N) is 1. The van der Waals surface area contributed by atoms with Crippen LogP contribution in [-0.4, -0.2) is 24.4 Å². The molecule has 1 aliphatic heterocycles. The number of halogens is 2. The van der Waals surface area contributed by atoms with Crippen LogP contribution < -0.4 is 10.2 Å². The first kappa shape index (κ1) is 12.9. The van der Waals surface area contributed by atoms with E-state index in [1.165, 1.54) is 4.90 Å². The third-order valence-corrected chi connectivity index (χ3v) is 4.35. The number of rotatable bonds is 2. The Kier molecular flexibility index (Phi) is 3.27. The fraction of sp³-hybridized carbons (Fsp3) is 0.385. The second kappa shape index (κ2) is 4.80. The molecule has 2 amide bonds. The second-order valence-electron chi connectivity index (χ2n) is 4.90. The zero-order valence-corrected chi connectivity index (χ0v) is 12.4. The van der Waals surface area contributed by atoms with Gasteiger partial charge in [0.15, 0.2) is 0 Å². The number of hydrogen-bond acceptors (Lipinski definition) is 2. The molecule has 1 unspecified atom stereocenters. The number of carbonyl (C=O) groups excluding carboxylic acids is 2. The minimum Gasteiger partial charge on any atom is -0.342 e. The van der Waals surface area contributed by atoms with Gasteiger partial charge in [-0.3, -0.25) is 9.59 Å². The SMILES string of the molecule is O=C1CN(c2cc(Cl)ccc2Br)C(=O)C(C2CC2)N1. The molecule has 1 N–H and O–H groups in total. The van der Waals surface area contributed by atoms with Crippen LogP contribution in [0.1, 0.15) is 12.8 Å². The van der Waals surface area contributed by atoms with Gasteiger partial charge >= 0.3 is 0 Å². The summed E-state index contributed by atoms with van der Waals surface area (Å²) in [5, 5.41) is 3.33. The normalized spacial score (nSPS) is 23.5. The highest BCUT2D eigenvalue weighted by molar-refractivity contribution is 9.10. The standard InChI is InChI=1S/C13H12BrClN2O2/c14-9-4-3-8(15)5-10(9)17-6-11(18)16-12(13(17)19)7-1-2-7/h3-5,7,12H,1-2,6H2,(H,16,18). The monoisotopic (exact) mass is 342 g/mol. The number of carbonyl (C=O) groups is 2. The highest BCUT2D eigenvalue weighted by Gasteiger charge is 2.43. The molecule has 0 aromatic heterocycles. The lowest BCUT2D eigenvalue weighted by molar-refractivity contribution is -0.131. The van der Waals surface area contributed by atoms with Gasteiger partial charge in [0.25, 0.3) is 0 Å². The molecule has 19 heavy (non-hydrogen) atoms. The Morgan fingerprint density at radius 2 is 2.05 bits per heavy atom. The summed E-state index contributed by atoms with van der Waals surface area (Å²) in [7, 11) is 0. The highest BCUT2D eigenvalue weighted by Crippen LogP contribution is 2.37. The molecular formula is C13H12BrClN2O2. The summed E-state index contributed by atoms with van der Waals surface area (Å²) in [5.74, 6) is 0.116. The van der Waals surface area contributed by atoms with Crippen molar-refractivity contribution in [1.82, 2.24) is 5.32 Å². The van der Waals surface area contributed by atoms with E-state index in [4.69, 9.17) is 11.6 Å². The van der Waals surface area contributed by atoms with Gasteiger partial charge < -0.3 is 10.2 Å². The molecule has 100 valence electrons. The van der Waals surface area contributed by atoms with Crippen LogP contribution in [0.15, 0.2) is 22.7 Å². The lowest BCUT2D eigenvalue weighted by Crippen LogP contribution is -2.59. The van der Waals surface area contributed by atoms with E-state index in [1.54, 1.807) is 18.2 Å². The van der Waals surface area contributed by atoms with Gasteiger partial charge in [0, 0.05) is 9.50 Å². The van der Waals surface area contributed by atoms with Gasteiger partial charge in [0.2, 0.25) is 11.8 Å². The molecule has 2 aliphatic rings. The predicted octanol–water partition coefficient (Wildman–Crippen LogP) is 2.34. The third kappa shape index (κ3) is 2.49. The smallest absolute Gasteiger partial charge is 0.250 e. The number of piperazine rings is 1. The largest absolute Gasteiger partial charge is 0.342 e. The highest BCUT2D eigenvalue weighted by atomic mass is 79.9. The van der Waals surface area contributed by atoms with E-state index in [-0.39, 0.29) is 30.3 Å². The van der Waals surface area contributed by atoms with E-state index in [9.17, 15) is 9.59 Å². The Morgan fingerprint density at radius 1 is 1.32 bits per heavy atom. The summed E-state index contributed by atoms with van der Waals surface area (Å²) in [6.45, 7) is 0.0427. The van der Waals surface area contributed by atoms with Gasteiger partial charge in [-0.25, -0.2) is 0 Å². The first-order chi connectivity index (χ1) is 9.06. The molecule has 0 radical (unpaired) electrons. The van der Waals surface area contributed by atoms with E-state index >= 15 is 0 Å². The van der Waals surface area contributed by atoms with Crippen molar-refractivity contribution in [1.29, 1.82) is 0 Å². The van der Waals surface area contributed by atoms with Crippen molar-refractivity contribution in [3.63, 3.8) is 0 Å². The third-order valence-electron chi connectivity index (χ3n) is 3.44. The molecule has 6 heteroatoms. The predicted molar refractivity (Wildman–Crippen MR) is 76.2 cm³/mol. The van der Waals surface area contributed by atoms with E-state index < -0.39 is 0 Å². The Hall–Kier alpha value is -1.07. The lowest BCUT2D eigenvalue weighted by atomic mass is 10.1. The molecule has 3 rings (SSSR count). The summed E-state index contributed by atoms with van der Waals surface area (Å²) in [4.78, 5) is 25.8. The summed E-state index contributed by atoms with van der Waals surface area (Å²) in [6, 6.07) is 4.84. The Bertz CT molecular complexity index is 560. The maximum absolute atomic E-state index is 12.5. The van der Waals surface area contributed by atoms with Crippen molar-refractivity contribution < 1.29 is 9.59 Å². The number of benzene rings is 1. The Morgan fingerprint density at radius 3 is 2.74 bits per heavy atom. The fourth-order valence-corrected chi connectivity index (χ4v) is 2.94. The van der Waals surface area contributed by atoms with E-state index in [2.05, 4.69) is 21.2 Å². The molecule has 1 heterocycles. The lowest BCUT2D eigenvalue weighted by Gasteiger charge is -2.33. The van der Waals surface area contributed by atoms with Crippen LogP contribution in [0.25, 0.3) is 0 Å². The van der Waals surface area contributed by atoms with E-state index in [1.807, 2.05) is 0 Å². The van der Waals surface area contributed by atoms with Gasteiger partial charge in [0.05, 0.1) is 5.69 Å². The average Bonchev–Trinajstić information content (AvgIpc) is 3.19. The fourth-order valence-electron chi connectivity index (χ4n) is 2.32. The Balaban J connectivity index is 1.95. The number of hydrogen-bond donors (Lipinski definition) is 1. The summed E-state index contributed by atoms with van der Waals surface area (Å²) >= 11 is 9.37. The number of nitrogens with one attached hydrogen (secondary N) is 1. The van der Waals surface area contributed by atoms with Crippen LogP contribution in [0.5, 0.6) is 0 Å². The molecule has 4 nitrogen and oxygen atoms in total. The van der Waals surface area contributed by atoms with E-state index in [0.29, 0.717) is 10.7 Å². The van der Waals surface area contributed by atoms with Crippen LogP contribution in [0, 0.1) is 5.92 Å². The van der Waals surface area contributed by atoms with Crippen molar-refractivity contribution in [2.75, 3.05) is 11.4 Å². The first-order valence-electron chi connectivity index (χ1n) is 6.12. The summed E-state index contributed by atoms with van der Waals surface area (Å²) < 4.78 is 0.759. The molecule has 0 bridgehead atoms. The average molecular weight is 344 g/mol. The minimum absolute atomic E-state index is 0.0427. The van der Waals surface area contributed by atoms with Gasteiger partial charge in [-0.05, 0) is 52.9 Å². The quantitative estimate of drug-likeness (QED) is 0.896. The summed E-state index contributed by atoms with van der Waals surface area (Å²) in [5.41, 5.74) is 0.651. The topological polar surface area (TPSA) is 49.4 Å². The van der Waals surface area contributed by atoms with Crippen LogP contribution in [0.4, 0.5) is 5.69 Å². The summed E-state index contributed by atoms with van der Waals surface area (Å²) in [6.07, 6.45) is 2.00. The molecular weight excluding hydrogens is 332 g/mol. The molecule has 1 aromatic rings. The molecule has 2 fully saturated rings. The van der Waals surface area contributed by atoms with Crippen molar-refractivity contribution in [3.8, 4) is 0 Å². The maximum atomic E-state index is 12.5. The molecule has 1 saturated carbocycles. The zero-order valence-electron chi connectivity index (χ0n) is 10.0. The van der Waals surface area contributed by atoms with Crippen molar-refractivity contribution in [2.45, 2.75) is 18.9 Å². The van der Waals surface area contributed by atoms with Gasteiger partial charge in [-0.15, -0.1) is 0 Å². The van der Waals surface area contributed by atoms with E-state index in [0.717, 1.165) is 17.3 Å². The number of anilines is 1. The van der Waals surface area contributed by atoms with Crippen molar-refractivity contribution in [2.24, 2.45) is 5.92 Å².